The maximum Gasteiger partial charge on any atom is 0.573 e. The second-order valence-corrected chi connectivity index (χ2v) is 10.6. The molecule has 2 aliphatic carbocycles. The first-order chi connectivity index (χ1) is 23.1. The second-order valence-electron chi connectivity index (χ2n) is 10.6. The maximum absolute atomic E-state index is 13.4. The summed E-state index contributed by atoms with van der Waals surface area (Å²) in [6.07, 6.45) is -5.04. The van der Waals surface area contributed by atoms with Crippen LogP contribution in [0.15, 0.2) is 84.2 Å². The molecule has 0 spiro atoms. The number of alkyl halides is 3. The molecule has 224 valence electrons. The molecule has 0 radical (unpaired) electrons. The summed E-state index contributed by atoms with van der Waals surface area (Å²) in [5, 5.41) is 29.5. The summed E-state index contributed by atoms with van der Waals surface area (Å²) in [7, 11) is 0. The first kappa shape index (κ1) is 30.6. The van der Waals surface area contributed by atoms with Gasteiger partial charge in [0.25, 0.3) is 11.4 Å². The lowest BCUT2D eigenvalue weighted by molar-refractivity contribution is -0.274. The highest BCUT2D eigenvalue weighted by molar-refractivity contribution is 6.37. The number of ether oxygens (including phenoxy) is 1. The van der Waals surface area contributed by atoms with Crippen LogP contribution in [0.5, 0.6) is 5.75 Å². The van der Waals surface area contributed by atoms with Gasteiger partial charge >= 0.3 is 6.36 Å². The summed E-state index contributed by atoms with van der Waals surface area (Å²) in [5.74, 6) is -0.593. The topological polar surface area (TPSA) is 93.7 Å². The number of nitrogens with zero attached hydrogens (tertiary/aromatic N) is 6. The van der Waals surface area contributed by atoms with Gasteiger partial charge in [-0.15, -0.1) is 13.2 Å². The first-order valence-corrected chi connectivity index (χ1v) is 13.9. The lowest BCUT2D eigenvalue weighted by Gasteiger charge is -2.17. The number of benzene rings is 4. The fourth-order valence-corrected chi connectivity index (χ4v) is 6.18. The van der Waals surface area contributed by atoms with Crippen molar-refractivity contribution in [3.8, 4) is 46.2 Å². The zero-order valence-corrected chi connectivity index (χ0v) is 24.7. The van der Waals surface area contributed by atoms with Crippen LogP contribution in [0.4, 0.5) is 18.9 Å². The highest BCUT2D eigenvalue weighted by Gasteiger charge is 2.40. The quantitative estimate of drug-likeness (QED) is 0.167. The predicted octanol–water partition coefficient (Wildman–Crippen LogP) is 9.90. The molecule has 4 aromatic carbocycles. The van der Waals surface area contributed by atoms with Crippen molar-refractivity contribution in [3.63, 3.8) is 0 Å². The Bertz CT molecular complexity index is 2460. The monoisotopic (exact) mass is 628 g/mol. The number of aryl methyl sites for hydroxylation is 1. The minimum atomic E-state index is -5.04. The van der Waals surface area contributed by atoms with Crippen LogP contribution in [-0.4, -0.2) is 6.36 Å². The lowest BCUT2D eigenvalue weighted by Crippen LogP contribution is -2.17. The molecule has 0 aromatic heterocycles. The SMILES string of the molecule is [C-]#[N+]/C(C#N)=C1C2=C(/C(=C(\C#N)[N+]#[C-])c3ccc(-c4ccc([N+]#[C-])cc4OC(F)(F)F)cc32)c2cc(-c3ccc(C#N)cc3C)ccc2\1. The zero-order valence-electron chi connectivity index (χ0n) is 24.7. The van der Waals surface area contributed by atoms with Crippen molar-refractivity contribution < 1.29 is 17.9 Å². The molecule has 7 nitrogen and oxygen atoms in total. The summed E-state index contributed by atoms with van der Waals surface area (Å²) >= 11 is 0. The van der Waals surface area contributed by atoms with Gasteiger partial charge in [-0.25, -0.2) is 25.1 Å². The Balaban J connectivity index is 1.68. The lowest BCUT2D eigenvalue weighted by atomic mass is 9.88. The van der Waals surface area contributed by atoms with Gasteiger partial charge in [0.1, 0.15) is 5.75 Å². The molecule has 0 aliphatic heterocycles. The van der Waals surface area contributed by atoms with Gasteiger partial charge in [0.15, 0.2) is 5.69 Å². The molecule has 0 bridgehead atoms. The Morgan fingerprint density at radius 3 is 1.65 bits per heavy atom. The summed E-state index contributed by atoms with van der Waals surface area (Å²) < 4.78 is 44.6. The molecular weight excluding hydrogens is 613 g/mol. The van der Waals surface area contributed by atoms with Gasteiger partial charge < -0.3 is 4.74 Å². The van der Waals surface area contributed by atoms with E-state index in [1.54, 1.807) is 30.3 Å². The van der Waals surface area contributed by atoms with Gasteiger partial charge in [0.05, 0.1) is 43.5 Å². The van der Waals surface area contributed by atoms with Crippen molar-refractivity contribution >= 4 is 28.0 Å². The average molecular weight is 629 g/mol. The zero-order chi connectivity index (χ0) is 34.3. The Hall–Kier alpha value is -7.37. The van der Waals surface area contributed by atoms with Gasteiger partial charge in [0, 0.05) is 16.7 Å². The number of hydrogen-bond donors (Lipinski definition) is 0. The fraction of sp³-hybridized carbons (Fsp3) is 0.0526. The number of nitriles is 3. The highest BCUT2D eigenvalue weighted by Crippen LogP contribution is 2.60. The molecule has 0 saturated carbocycles. The number of allylic oxidation sites excluding steroid dienone is 6. The molecule has 10 heteroatoms. The Kier molecular flexibility index (Phi) is 7.36. The van der Waals surface area contributed by atoms with E-state index in [0.29, 0.717) is 39.0 Å². The van der Waals surface area contributed by atoms with Gasteiger partial charge in [-0.05, 0) is 92.9 Å². The summed E-state index contributed by atoms with van der Waals surface area (Å²) in [5.41, 5.74) is 5.89. The molecule has 0 N–H and O–H groups in total. The summed E-state index contributed by atoms with van der Waals surface area (Å²) in [6.45, 7) is 24.7. The highest BCUT2D eigenvalue weighted by atomic mass is 19.4. The van der Waals surface area contributed by atoms with Crippen molar-refractivity contribution in [2.24, 2.45) is 0 Å². The van der Waals surface area contributed by atoms with Crippen molar-refractivity contribution in [1.82, 2.24) is 0 Å². The van der Waals surface area contributed by atoms with E-state index in [2.05, 4.69) is 25.3 Å². The fourth-order valence-electron chi connectivity index (χ4n) is 6.18. The number of halogens is 3. The van der Waals surface area contributed by atoms with Crippen LogP contribution >= 0.6 is 0 Å². The second kappa shape index (κ2) is 11.5. The number of fused-ring (bicyclic) bond motifs is 4. The first-order valence-electron chi connectivity index (χ1n) is 13.9. The average Bonchev–Trinajstić information content (AvgIpc) is 3.57. The van der Waals surface area contributed by atoms with E-state index in [9.17, 15) is 29.0 Å². The molecule has 0 unspecified atom stereocenters. The smallest absolute Gasteiger partial charge is 0.406 e. The largest absolute Gasteiger partial charge is 0.573 e. The van der Waals surface area contributed by atoms with E-state index in [0.717, 1.165) is 22.8 Å². The Labute approximate surface area is 272 Å². The van der Waals surface area contributed by atoms with E-state index < -0.39 is 12.1 Å². The van der Waals surface area contributed by atoms with Crippen LogP contribution in [0, 0.1) is 60.6 Å². The van der Waals surface area contributed by atoms with Crippen LogP contribution in [0.1, 0.15) is 33.4 Å². The number of rotatable bonds is 3. The molecule has 0 heterocycles. The molecule has 4 aromatic rings. The third kappa shape index (κ3) is 4.90. The van der Waals surface area contributed by atoms with E-state index in [-0.39, 0.29) is 39.4 Å². The van der Waals surface area contributed by atoms with Crippen molar-refractivity contribution in [1.29, 1.82) is 15.8 Å². The molecule has 6 rings (SSSR count). The van der Waals surface area contributed by atoms with E-state index in [1.807, 2.05) is 37.3 Å². The maximum atomic E-state index is 13.4. The number of hydrogen-bond acceptors (Lipinski definition) is 4. The van der Waals surface area contributed by atoms with E-state index in [4.69, 9.17) is 19.7 Å². The van der Waals surface area contributed by atoms with Crippen molar-refractivity contribution in [2.45, 2.75) is 13.3 Å². The third-order valence-corrected chi connectivity index (χ3v) is 8.07. The Morgan fingerprint density at radius 1 is 0.667 bits per heavy atom. The summed E-state index contributed by atoms with van der Waals surface area (Å²) in [6, 6.07) is 25.0. The normalized spacial score (nSPS) is 14.5. The van der Waals surface area contributed by atoms with Crippen molar-refractivity contribution in [3.05, 3.63) is 152 Å². The molecule has 48 heavy (non-hydrogen) atoms. The van der Waals surface area contributed by atoms with Crippen LogP contribution < -0.4 is 4.74 Å². The standard InChI is InChI=1S/C38H15F3N6O/c1-20-13-21(17-42)5-9-25(20)22-6-10-27-29(14-22)36-35(32(19-44)47-4)28-11-7-23(15-30(28)37(36)34(27)31(18-43)46-3)26-12-8-24(45-2)16-33(26)48-38(39,40)41/h5-16H,1H3/b34-31-,35-32+. The molecular formula is C38H15F3N6O. The van der Waals surface area contributed by atoms with E-state index in [1.165, 1.54) is 18.2 Å². The van der Waals surface area contributed by atoms with Crippen LogP contribution in [0.2, 0.25) is 0 Å². The van der Waals surface area contributed by atoms with Crippen molar-refractivity contribution in [2.75, 3.05) is 0 Å². The summed E-state index contributed by atoms with van der Waals surface area (Å²) in [4.78, 5) is 10.2. The Morgan fingerprint density at radius 2 is 1.19 bits per heavy atom. The van der Waals surface area contributed by atoms with E-state index >= 15 is 0 Å². The van der Waals surface area contributed by atoms with Gasteiger partial charge in [-0.3, -0.25) is 0 Å². The van der Waals surface area contributed by atoms with Crippen LogP contribution in [0.3, 0.4) is 0 Å². The minimum absolute atomic E-state index is 0.0260. The van der Waals surface area contributed by atoms with Crippen LogP contribution in [-0.2, 0) is 0 Å². The molecule has 2 aliphatic rings. The molecule has 0 atom stereocenters. The predicted molar refractivity (Wildman–Crippen MR) is 171 cm³/mol. The van der Waals surface area contributed by atoms with Gasteiger partial charge in [-0.2, -0.15) is 5.26 Å². The van der Waals surface area contributed by atoms with Gasteiger partial charge in [-0.1, -0.05) is 42.5 Å². The molecule has 0 amide bonds. The minimum Gasteiger partial charge on any atom is -0.406 e. The molecule has 0 saturated heterocycles. The third-order valence-electron chi connectivity index (χ3n) is 8.07. The van der Waals surface area contributed by atoms with Gasteiger partial charge in [0.2, 0.25) is 0 Å². The molecule has 0 fully saturated rings. The van der Waals surface area contributed by atoms with Crippen LogP contribution in [0.25, 0.3) is 59.1 Å².